The topological polar surface area (TPSA) is 38.3 Å². The minimum Gasteiger partial charge on any atom is -0.497 e. The Morgan fingerprint density at radius 3 is 1.89 bits per heavy atom. The van der Waals surface area contributed by atoms with Gasteiger partial charge >= 0.3 is 12.4 Å². The Balaban J connectivity index is 2.21. The molecular weight excluding hydrogens is 376 g/mol. The minimum atomic E-state index is -4.99. The Bertz CT molecular complexity index is 806. The van der Waals surface area contributed by atoms with Crippen LogP contribution in [0.25, 0.3) is 6.08 Å². The molecule has 0 bridgehead atoms. The molecule has 0 aromatic heterocycles. The van der Waals surface area contributed by atoms with Crippen molar-refractivity contribution in [2.45, 2.75) is 12.4 Å². The molecule has 0 saturated heterocycles. The lowest BCUT2D eigenvalue weighted by atomic mass is 10.1. The van der Waals surface area contributed by atoms with Gasteiger partial charge in [0.15, 0.2) is 0 Å². The van der Waals surface area contributed by atoms with Crippen LogP contribution >= 0.6 is 0 Å². The Kier molecular flexibility index (Phi) is 5.82. The Morgan fingerprint density at radius 2 is 1.44 bits per heavy atom. The number of ether oxygens (including phenoxy) is 1. The zero-order valence-corrected chi connectivity index (χ0v) is 13.8. The Labute approximate surface area is 150 Å². The average Bonchev–Trinajstić information content (AvgIpc) is 2.58. The van der Waals surface area contributed by atoms with Crippen LogP contribution in [0.3, 0.4) is 0 Å². The molecule has 2 aromatic carbocycles. The van der Waals surface area contributed by atoms with Gasteiger partial charge in [-0.05, 0) is 42.0 Å². The average molecular weight is 389 g/mol. The van der Waals surface area contributed by atoms with E-state index in [1.54, 1.807) is 24.3 Å². The minimum absolute atomic E-state index is 0.0111. The van der Waals surface area contributed by atoms with E-state index in [0.717, 1.165) is 6.08 Å². The molecule has 0 spiro atoms. The molecule has 9 heteroatoms. The monoisotopic (exact) mass is 389 g/mol. The summed E-state index contributed by atoms with van der Waals surface area (Å²) in [5.41, 5.74) is -3.04. The van der Waals surface area contributed by atoms with Crippen molar-refractivity contribution >= 4 is 17.7 Å². The number of anilines is 1. The molecule has 0 atom stereocenters. The van der Waals surface area contributed by atoms with E-state index >= 15 is 0 Å². The van der Waals surface area contributed by atoms with Crippen LogP contribution in [0, 0.1) is 0 Å². The number of benzene rings is 2. The second-order valence-electron chi connectivity index (χ2n) is 5.39. The third-order valence-electron chi connectivity index (χ3n) is 3.40. The number of alkyl halides is 6. The van der Waals surface area contributed by atoms with Crippen LogP contribution in [0.5, 0.6) is 5.75 Å². The first kappa shape index (κ1) is 20.3. The van der Waals surface area contributed by atoms with Gasteiger partial charge < -0.3 is 10.1 Å². The summed E-state index contributed by atoms with van der Waals surface area (Å²) >= 11 is 0. The van der Waals surface area contributed by atoms with Crippen LogP contribution < -0.4 is 10.1 Å². The molecule has 1 amide bonds. The van der Waals surface area contributed by atoms with Gasteiger partial charge in [0.2, 0.25) is 5.91 Å². The van der Waals surface area contributed by atoms with Gasteiger partial charge in [-0.25, -0.2) is 0 Å². The SMILES string of the molecule is COc1ccc(/C=C/C(=O)Nc2cc(C(F)(F)F)cc(C(F)(F)F)c2)cc1. The number of amides is 1. The smallest absolute Gasteiger partial charge is 0.416 e. The second kappa shape index (κ2) is 7.73. The normalized spacial score (nSPS) is 12.3. The number of hydrogen-bond acceptors (Lipinski definition) is 2. The predicted octanol–water partition coefficient (Wildman–Crippen LogP) is 5.38. The Morgan fingerprint density at radius 1 is 0.926 bits per heavy atom. The highest BCUT2D eigenvalue weighted by Crippen LogP contribution is 2.37. The molecule has 0 aliphatic carbocycles. The highest BCUT2D eigenvalue weighted by molar-refractivity contribution is 6.02. The molecule has 3 nitrogen and oxygen atoms in total. The summed E-state index contributed by atoms with van der Waals surface area (Å²) in [6.07, 6.45) is -7.62. The van der Waals surface area contributed by atoms with Gasteiger partial charge in [-0.15, -0.1) is 0 Å². The lowest BCUT2D eigenvalue weighted by Gasteiger charge is -2.14. The first-order chi connectivity index (χ1) is 12.5. The summed E-state index contributed by atoms with van der Waals surface area (Å²) in [4.78, 5) is 11.8. The maximum atomic E-state index is 12.8. The molecule has 27 heavy (non-hydrogen) atoms. The number of rotatable bonds is 4. The van der Waals surface area contributed by atoms with Crippen LogP contribution in [-0.4, -0.2) is 13.0 Å². The van der Waals surface area contributed by atoms with Crippen LogP contribution in [0.1, 0.15) is 16.7 Å². The summed E-state index contributed by atoms with van der Waals surface area (Å²) in [6.45, 7) is 0. The van der Waals surface area contributed by atoms with Crippen molar-refractivity contribution in [1.29, 1.82) is 0 Å². The van der Waals surface area contributed by atoms with Crippen molar-refractivity contribution in [2.24, 2.45) is 0 Å². The fraction of sp³-hybridized carbons (Fsp3) is 0.167. The standard InChI is InChI=1S/C18H13F6NO2/c1-27-15-5-2-11(3-6-15)4-7-16(26)25-14-9-12(17(19,20)21)8-13(10-14)18(22,23)24/h2-10H,1H3,(H,25,26)/b7-4+. The van der Waals surface area contributed by atoms with E-state index in [4.69, 9.17) is 4.74 Å². The van der Waals surface area contributed by atoms with E-state index < -0.39 is 35.1 Å². The predicted molar refractivity (Wildman–Crippen MR) is 87.1 cm³/mol. The largest absolute Gasteiger partial charge is 0.497 e. The van der Waals surface area contributed by atoms with Gasteiger partial charge in [-0.1, -0.05) is 12.1 Å². The fourth-order valence-electron chi connectivity index (χ4n) is 2.10. The van der Waals surface area contributed by atoms with E-state index in [1.807, 2.05) is 5.32 Å². The molecule has 144 valence electrons. The molecule has 1 N–H and O–H groups in total. The van der Waals surface area contributed by atoms with Crippen LogP contribution in [0.4, 0.5) is 32.0 Å². The van der Waals surface area contributed by atoms with E-state index in [0.29, 0.717) is 23.4 Å². The zero-order chi connectivity index (χ0) is 20.2. The molecule has 0 radical (unpaired) electrons. The Hall–Kier alpha value is -2.97. The second-order valence-corrected chi connectivity index (χ2v) is 5.39. The number of carbonyl (C=O) groups excluding carboxylic acids is 1. The van der Waals surface area contributed by atoms with Crippen molar-refractivity contribution < 1.29 is 35.9 Å². The molecule has 0 aliphatic rings. The van der Waals surface area contributed by atoms with Gasteiger partial charge in [-0.2, -0.15) is 26.3 Å². The zero-order valence-electron chi connectivity index (χ0n) is 13.8. The van der Waals surface area contributed by atoms with Gasteiger partial charge in [0.25, 0.3) is 0 Å². The van der Waals surface area contributed by atoms with Crippen molar-refractivity contribution in [3.05, 3.63) is 65.2 Å². The number of nitrogens with one attached hydrogen (secondary N) is 1. The number of carbonyl (C=O) groups is 1. The summed E-state index contributed by atoms with van der Waals surface area (Å²) in [6, 6.07) is 7.36. The van der Waals surface area contributed by atoms with E-state index in [9.17, 15) is 31.1 Å². The van der Waals surface area contributed by atoms with Crippen molar-refractivity contribution in [3.8, 4) is 5.75 Å². The van der Waals surface area contributed by atoms with Gasteiger partial charge in [0.05, 0.1) is 18.2 Å². The first-order valence-electron chi connectivity index (χ1n) is 7.41. The fourth-order valence-corrected chi connectivity index (χ4v) is 2.10. The number of methoxy groups -OCH3 is 1. The maximum Gasteiger partial charge on any atom is 0.416 e. The maximum absolute atomic E-state index is 12.8. The molecular formula is C18H13F6NO2. The van der Waals surface area contributed by atoms with E-state index in [-0.39, 0.29) is 6.07 Å². The highest BCUT2D eigenvalue weighted by atomic mass is 19.4. The molecule has 2 aromatic rings. The summed E-state index contributed by atoms with van der Waals surface area (Å²) in [5, 5.41) is 2.01. The highest BCUT2D eigenvalue weighted by Gasteiger charge is 2.37. The summed E-state index contributed by atoms with van der Waals surface area (Å²) in [7, 11) is 1.47. The number of halogens is 6. The molecule has 0 heterocycles. The van der Waals surface area contributed by atoms with Crippen molar-refractivity contribution in [1.82, 2.24) is 0 Å². The molecule has 0 saturated carbocycles. The lowest BCUT2D eigenvalue weighted by molar-refractivity contribution is -0.143. The molecule has 2 rings (SSSR count). The summed E-state index contributed by atoms with van der Waals surface area (Å²) < 4.78 is 81.8. The van der Waals surface area contributed by atoms with Gasteiger partial charge in [0, 0.05) is 11.8 Å². The van der Waals surface area contributed by atoms with Crippen LogP contribution in [0.2, 0.25) is 0 Å². The molecule has 0 unspecified atom stereocenters. The quantitative estimate of drug-likeness (QED) is 0.563. The lowest BCUT2D eigenvalue weighted by Crippen LogP contribution is -2.14. The van der Waals surface area contributed by atoms with Crippen LogP contribution in [0.15, 0.2) is 48.5 Å². The summed E-state index contributed by atoms with van der Waals surface area (Å²) in [5.74, 6) is -0.293. The van der Waals surface area contributed by atoms with E-state index in [1.165, 1.54) is 13.2 Å². The van der Waals surface area contributed by atoms with E-state index in [2.05, 4.69) is 0 Å². The third kappa shape index (κ3) is 5.77. The van der Waals surface area contributed by atoms with Crippen molar-refractivity contribution in [2.75, 3.05) is 12.4 Å². The van der Waals surface area contributed by atoms with Crippen LogP contribution in [-0.2, 0) is 17.1 Å². The molecule has 0 aliphatic heterocycles. The number of hydrogen-bond donors (Lipinski definition) is 1. The third-order valence-corrected chi connectivity index (χ3v) is 3.40. The molecule has 0 fully saturated rings. The first-order valence-corrected chi connectivity index (χ1v) is 7.41. The van der Waals surface area contributed by atoms with Gasteiger partial charge in [-0.3, -0.25) is 4.79 Å². The van der Waals surface area contributed by atoms with Gasteiger partial charge in [0.1, 0.15) is 5.75 Å². The van der Waals surface area contributed by atoms with Crippen molar-refractivity contribution in [3.63, 3.8) is 0 Å².